The average molecular weight is 183 g/mol. The van der Waals surface area contributed by atoms with E-state index in [0.29, 0.717) is 6.61 Å². The second-order valence-corrected chi connectivity index (χ2v) is 3.29. The van der Waals surface area contributed by atoms with Crippen LogP contribution in [-0.2, 0) is 0 Å². The van der Waals surface area contributed by atoms with E-state index in [4.69, 9.17) is 4.84 Å². The molecular weight excluding hydrogens is 174 g/mol. The number of aromatic hydroxyl groups is 1. The molecule has 0 saturated heterocycles. The molecule has 0 aliphatic heterocycles. The number of thiophene rings is 1. The predicted octanol–water partition coefficient (Wildman–Crippen LogP) is 1.86. The van der Waals surface area contributed by atoms with Crippen molar-refractivity contribution in [1.82, 2.24) is 4.73 Å². The second kappa shape index (κ2) is 2.71. The van der Waals surface area contributed by atoms with Crippen LogP contribution >= 0.6 is 11.3 Å². The van der Waals surface area contributed by atoms with Crippen molar-refractivity contribution in [2.75, 3.05) is 6.61 Å². The molecular formula is C8H9NO2S. The molecule has 0 radical (unpaired) electrons. The summed E-state index contributed by atoms with van der Waals surface area (Å²) in [5.74, 6) is 0.278. The van der Waals surface area contributed by atoms with Gasteiger partial charge in [0.1, 0.15) is 17.2 Å². The maximum Gasteiger partial charge on any atom is 0.145 e. The van der Waals surface area contributed by atoms with E-state index in [1.807, 2.05) is 18.4 Å². The van der Waals surface area contributed by atoms with Crippen LogP contribution in [0.3, 0.4) is 0 Å². The lowest BCUT2D eigenvalue weighted by atomic mass is 10.4. The number of fused-ring (bicyclic) bond motifs is 1. The summed E-state index contributed by atoms with van der Waals surface area (Å²) in [7, 11) is 0. The Labute approximate surface area is 73.8 Å². The fraction of sp³-hybridized carbons (Fsp3) is 0.250. The molecule has 0 aliphatic carbocycles. The monoisotopic (exact) mass is 183 g/mol. The highest BCUT2D eigenvalue weighted by Gasteiger charge is 2.08. The molecule has 0 bridgehead atoms. The molecule has 12 heavy (non-hydrogen) atoms. The van der Waals surface area contributed by atoms with E-state index in [-0.39, 0.29) is 5.75 Å². The third-order valence-electron chi connectivity index (χ3n) is 1.63. The Morgan fingerprint density at radius 1 is 1.67 bits per heavy atom. The third kappa shape index (κ3) is 0.956. The average Bonchev–Trinajstić information content (AvgIpc) is 2.58. The minimum absolute atomic E-state index is 0.278. The van der Waals surface area contributed by atoms with E-state index in [0.717, 1.165) is 10.2 Å². The van der Waals surface area contributed by atoms with Gasteiger partial charge in [-0.25, -0.2) is 0 Å². The van der Waals surface area contributed by atoms with Gasteiger partial charge in [-0.1, -0.05) is 0 Å². The van der Waals surface area contributed by atoms with Gasteiger partial charge < -0.3 is 9.94 Å². The van der Waals surface area contributed by atoms with Crippen LogP contribution in [-0.4, -0.2) is 16.4 Å². The van der Waals surface area contributed by atoms with Gasteiger partial charge in [0.2, 0.25) is 0 Å². The molecule has 2 heterocycles. The van der Waals surface area contributed by atoms with Crippen molar-refractivity contribution in [3.05, 3.63) is 17.6 Å². The van der Waals surface area contributed by atoms with E-state index in [9.17, 15) is 5.11 Å². The predicted molar refractivity (Wildman–Crippen MR) is 48.6 cm³/mol. The van der Waals surface area contributed by atoms with Crippen molar-refractivity contribution in [2.24, 2.45) is 0 Å². The van der Waals surface area contributed by atoms with Gasteiger partial charge in [0.15, 0.2) is 0 Å². The molecule has 3 nitrogen and oxygen atoms in total. The highest BCUT2D eigenvalue weighted by atomic mass is 32.1. The molecule has 2 aromatic rings. The van der Waals surface area contributed by atoms with Gasteiger partial charge >= 0.3 is 0 Å². The minimum Gasteiger partial charge on any atom is -0.506 e. The largest absolute Gasteiger partial charge is 0.506 e. The van der Waals surface area contributed by atoms with Crippen molar-refractivity contribution < 1.29 is 9.94 Å². The highest BCUT2D eigenvalue weighted by Crippen LogP contribution is 2.30. The number of rotatable bonds is 2. The summed E-state index contributed by atoms with van der Waals surface area (Å²) in [6.45, 7) is 2.51. The fourth-order valence-electron chi connectivity index (χ4n) is 1.14. The summed E-state index contributed by atoms with van der Waals surface area (Å²) in [5.41, 5.74) is 0. The van der Waals surface area contributed by atoms with Crippen LogP contribution in [0.5, 0.6) is 5.75 Å². The lowest BCUT2D eigenvalue weighted by Crippen LogP contribution is -2.07. The summed E-state index contributed by atoms with van der Waals surface area (Å²) < 4.78 is 1.61. The molecule has 4 heteroatoms. The Bertz CT molecular complexity index is 391. The van der Waals surface area contributed by atoms with E-state index in [1.54, 1.807) is 22.3 Å². The topological polar surface area (TPSA) is 34.4 Å². The normalized spacial score (nSPS) is 10.8. The van der Waals surface area contributed by atoms with Crippen LogP contribution in [0.1, 0.15) is 6.92 Å². The van der Waals surface area contributed by atoms with Gasteiger partial charge in [-0.3, -0.25) is 0 Å². The Kier molecular flexibility index (Phi) is 1.69. The van der Waals surface area contributed by atoms with Crippen molar-refractivity contribution in [3.8, 4) is 5.75 Å². The molecule has 0 unspecified atom stereocenters. The highest BCUT2D eigenvalue weighted by molar-refractivity contribution is 7.16. The standard InChI is InChI=1S/C8H9NO2S/c1-2-11-9-5-7(10)6-3-4-12-8(6)9/h3-5,10H,2H2,1H3. The smallest absolute Gasteiger partial charge is 0.145 e. The first-order valence-corrected chi connectivity index (χ1v) is 4.61. The summed E-state index contributed by atoms with van der Waals surface area (Å²) in [6.07, 6.45) is 1.59. The van der Waals surface area contributed by atoms with Gasteiger partial charge in [0.25, 0.3) is 0 Å². The SMILES string of the molecule is CCOn1cc(O)c2ccsc21. The summed E-state index contributed by atoms with van der Waals surface area (Å²) in [4.78, 5) is 6.22. The van der Waals surface area contributed by atoms with Gasteiger partial charge in [-0.15, -0.1) is 11.3 Å². The number of hydrogen-bond acceptors (Lipinski definition) is 3. The zero-order chi connectivity index (χ0) is 8.55. The molecule has 64 valence electrons. The zero-order valence-electron chi connectivity index (χ0n) is 6.65. The lowest BCUT2D eigenvalue weighted by Gasteiger charge is -2.01. The zero-order valence-corrected chi connectivity index (χ0v) is 7.47. The van der Waals surface area contributed by atoms with E-state index < -0.39 is 0 Å². The van der Waals surface area contributed by atoms with Gasteiger partial charge in [-0.2, -0.15) is 4.73 Å². The van der Waals surface area contributed by atoms with Crippen molar-refractivity contribution in [3.63, 3.8) is 0 Å². The Morgan fingerprint density at radius 3 is 3.25 bits per heavy atom. The van der Waals surface area contributed by atoms with Crippen molar-refractivity contribution in [2.45, 2.75) is 6.92 Å². The first-order valence-electron chi connectivity index (χ1n) is 3.73. The molecule has 2 aromatic heterocycles. The van der Waals surface area contributed by atoms with Gasteiger partial charge in [0.05, 0.1) is 11.6 Å². The molecule has 0 fully saturated rings. The van der Waals surface area contributed by atoms with Crippen LogP contribution in [0.15, 0.2) is 17.6 Å². The lowest BCUT2D eigenvalue weighted by molar-refractivity contribution is 0.132. The van der Waals surface area contributed by atoms with Gasteiger partial charge in [0, 0.05) is 0 Å². The van der Waals surface area contributed by atoms with Crippen LogP contribution in [0.25, 0.3) is 10.2 Å². The van der Waals surface area contributed by atoms with E-state index in [1.165, 1.54) is 0 Å². The third-order valence-corrected chi connectivity index (χ3v) is 2.52. The molecule has 0 aromatic carbocycles. The molecule has 0 amide bonds. The molecule has 0 aliphatic rings. The molecule has 2 rings (SSSR count). The summed E-state index contributed by atoms with van der Waals surface area (Å²) >= 11 is 1.55. The maximum atomic E-state index is 9.41. The summed E-state index contributed by atoms with van der Waals surface area (Å²) in [6, 6.07) is 1.88. The van der Waals surface area contributed by atoms with Crippen LogP contribution in [0.4, 0.5) is 0 Å². The molecule has 0 atom stereocenters. The van der Waals surface area contributed by atoms with Crippen molar-refractivity contribution >= 4 is 21.6 Å². The maximum absolute atomic E-state index is 9.41. The Morgan fingerprint density at radius 2 is 2.50 bits per heavy atom. The van der Waals surface area contributed by atoms with Gasteiger partial charge in [-0.05, 0) is 18.4 Å². The van der Waals surface area contributed by atoms with Crippen LogP contribution < -0.4 is 4.84 Å². The number of aromatic nitrogens is 1. The number of nitrogens with zero attached hydrogens (tertiary/aromatic N) is 1. The van der Waals surface area contributed by atoms with E-state index in [2.05, 4.69) is 0 Å². The quantitative estimate of drug-likeness (QED) is 0.771. The Hall–Kier alpha value is -1.16. The first kappa shape index (κ1) is 7.49. The van der Waals surface area contributed by atoms with Crippen LogP contribution in [0, 0.1) is 0 Å². The van der Waals surface area contributed by atoms with Crippen LogP contribution in [0.2, 0.25) is 0 Å². The van der Waals surface area contributed by atoms with Crippen molar-refractivity contribution in [1.29, 1.82) is 0 Å². The summed E-state index contributed by atoms with van der Waals surface area (Å²) in [5, 5.41) is 12.2. The van der Waals surface area contributed by atoms with E-state index >= 15 is 0 Å². The Balaban J connectivity index is 2.59. The minimum atomic E-state index is 0.278. The fourth-order valence-corrected chi connectivity index (χ4v) is 1.98. The molecule has 0 saturated carbocycles. The number of hydrogen-bond donors (Lipinski definition) is 1. The molecule has 1 N–H and O–H groups in total. The first-order chi connectivity index (χ1) is 5.83. The second-order valence-electron chi connectivity index (χ2n) is 2.40. The molecule has 0 spiro atoms.